The Hall–Kier alpha value is -4.41. The minimum Gasteiger partial charge on any atom is -0.478 e. The molecule has 5 aromatic rings. The Bertz CT molecular complexity index is 1810. The highest BCUT2D eigenvalue weighted by Gasteiger charge is 2.49. The van der Waals surface area contributed by atoms with E-state index >= 15 is 0 Å². The number of hydrogen-bond donors (Lipinski definition) is 3. The highest BCUT2D eigenvalue weighted by atomic mass is 35.5. The quantitative estimate of drug-likeness (QED) is 0.225. The van der Waals surface area contributed by atoms with Crippen LogP contribution in [0.5, 0.6) is 0 Å². The Balaban J connectivity index is 1.51. The zero-order valence-corrected chi connectivity index (χ0v) is 22.8. The highest BCUT2D eigenvalue weighted by molar-refractivity contribution is 6.30. The van der Waals surface area contributed by atoms with E-state index in [-0.39, 0.29) is 16.1 Å². The molecule has 0 unspecified atom stereocenters. The molecule has 0 spiro atoms. The van der Waals surface area contributed by atoms with Gasteiger partial charge < -0.3 is 24.6 Å². The molecule has 2 aromatic heterocycles. The van der Waals surface area contributed by atoms with Gasteiger partial charge in [-0.3, -0.25) is 0 Å². The Labute approximate surface area is 244 Å². The standard InChI is InChI=1S/C32H25ClFN3O5/c1-2-25-21-12-13-37(30(21)36-16-35-25)31-28(39)27(38)29(42-31)26(19-9-11-23(33)24(34)15-19)22-14-18(8-10-20(22)32(40)41)17-6-4-3-5-7-17/h2-16,26-29,31,38-39H,1H2,(H,40,41)/t26-,27+,28-,29+,31-/m1/s1. The van der Waals surface area contributed by atoms with E-state index < -0.39 is 42.2 Å². The van der Waals surface area contributed by atoms with E-state index in [2.05, 4.69) is 16.5 Å². The fraction of sp³-hybridized carbons (Fsp3) is 0.156. The van der Waals surface area contributed by atoms with Crippen molar-refractivity contribution in [2.75, 3.05) is 0 Å². The second-order valence-electron chi connectivity index (χ2n) is 10.0. The summed E-state index contributed by atoms with van der Waals surface area (Å²) in [5.41, 5.74) is 3.11. The second kappa shape index (κ2) is 11.1. The largest absolute Gasteiger partial charge is 0.478 e. The molecule has 212 valence electrons. The average molecular weight is 586 g/mol. The van der Waals surface area contributed by atoms with E-state index in [1.807, 2.05) is 30.3 Å². The van der Waals surface area contributed by atoms with Gasteiger partial charge in [0.25, 0.3) is 0 Å². The first kappa shape index (κ1) is 27.7. The van der Waals surface area contributed by atoms with Crippen LogP contribution in [0.25, 0.3) is 28.2 Å². The number of carboxylic acids is 1. The number of rotatable bonds is 7. The zero-order valence-electron chi connectivity index (χ0n) is 22.0. The molecule has 0 amide bonds. The van der Waals surface area contributed by atoms with Crippen LogP contribution in [0.1, 0.15) is 39.3 Å². The third-order valence-corrected chi connectivity index (χ3v) is 7.94. The van der Waals surface area contributed by atoms with E-state index in [4.69, 9.17) is 16.3 Å². The number of carboxylic acid groups (broad SMARTS) is 1. The summed E-state index contributed by atoms with van der Waals surface area (Å²) in [6, 6.07) is 20.1. The first-order valence-electron chi connectivity index (χ1n) is 13.1. The van der Waals surface area contributed by atoms with Crippen LogP contribution in [0.3, 0.4) is 0 Å². The van der Waals surface area contributed by atoms with Crippen LogP contribution in [0.2, 0.25) is 5.02 Å². The number of aliphatic hydroxyl groups is 2. The number of nitrogens with zero attached hydrogens (tertiary/aromatic N) is 3. The number of carbonyl (C=O) groups is 1. The lowest BCUT2D eigenvalue weighted by Crippen LogP contribution is -2.36. The maximum Gasteiger partial charge on any atom is 0.335 e. The minimum atomic E-state index is -1.49. The SMILES string of the molecule is C=Cc1ncnc2c1ccn2[C@@H]1O[C@@H]([C@H](c2ccc(Cl)c(F)c2)c2cc(-c3ccccc3)ccc2C(=O)O)[C@@H](O)[C@H]1O. The van der Waals surface area contributed by atoms with Crippen LogP contribution in [-0.2, 0) is 4.74 Å². The molecular weight excluding hydrogens is 561 g/mol. The van der Waals surface area contributed by atoms with Crippen molar-refractivity contribution in [3.8, 4) is 11.1 Å². The summed E-state index contributed by atoms with van der Waals surface area (Å²) < 4.78 is 22.8. The average Bonchev–Trinajstić information content (AvgIpc) is 3.56. The van der Waals surface area contributed by atoms with Gasteiger partial charge in [0, 0.05) is 17.5 Å². The zero-order chi connectivity index (χ0) is 29.5. The van der Waals surface area contributed by atoms with Gasteiger partial charge in [0.15, 0.2) is 6.23 Å². The molecule has 3 N–H and O–H groups in total. The normalized spacial score (nSPS) is 21.0. The summed E-state index contributed by atoms with van der Waals surface area (Å²) in [4.78, 5) is 21.0. The molecule has 1 aliphatic rings. The molecule has 5 atom stereocenters. The molecule has 0 bridgehead atoms. The topological polar surface area (TPSA) is 118 Å². The van der Waals surface area contributed by atoms with Gasteiger partial charge in [-0.2, -0.15) is 0 Å². The number of aliphatic hydroxyl groups excluding tert-OH is 2. The van der Waals surface area contributed by atoms with E-state index in [0.717, 1.165) is 5.56 Å². The van der Waals surface area contributed by atoms with E-state index in [9.17, 15) is 24.5 Å². The van der Waals surface area contributed by atoms with Crippen molar-refractivity contribution < 1.29 is 29.2 Å². The summed E-state index contributed by atoms with van der Waals surface area (Å²) in [5, 5.41) is 33.4. The van der Waals surface area contributed by atoms with Crippen molar-refractivity contribution in [2.45, 2.75) is 30.5 Å². The van der Waals surface area contributed by atoms with Crippen LogP contribution in [0.15, 0.2) is 91.9 Å². The van der Waals surface area contributed by atoms with Crippen LogP contribution in [-0.4, -0.2) is 54.1 Å². The summed E-state index contributed by atoms with van der Waals surface area (Å²) in [5.74, 6) is -2.94. The first-order valence-corrected chi connectivity index (χ1v) is 13.5. The third-order valence-electron chi connectivity index (χ3n) is 7.64. The predicted octanol–water partition coefficient (Wildman–Crippen LogP) is 5.68. The molecule has 1 aliphatic heterocycles. The van der Waals surface area contributed by atoms with E-state index in [0.29, 0.717) is 27.9 Å². The molecule has 3 heterocycles. The van der Waals surface area contributed by atoms with Gasteiger partial charge in [0.05, 0.1) is 22.4 Å². The van der Waals surface area contributed by atoms with E-state index in [1.165, 1.54) is 24.5 Å². The molecular formula is C32H25ClFN3O5. The monoisotopic (exact) mass is 585 g/mol. The predicted molar refractivity (Wildman–Crippen MR) is 156 cm³/mol. The number of benzene rings is 3. The molecule has 0 saturated carbocycles. The molecule has 1 fully saturated rings. The summed E-state index contributed by atoms with van der Waals surface area (Å²) in [6.45, 7) is 3.77. The van der Waals surface area contributed by atoms with Gasteiger partial charge in [-0.15, -0.1) is 0 Å². The molecule has 42 heavy (non-hydrogen) atoms. The summed E-state index contributed by atoms with van der Waals surface area (Å²) >= 11 is 5.99. The molecule has 0 aliphatic carbocycles. The second-order valence-corrected chi connectivity index (χ2v) is 10.4. The highest BCUT2D eigenvalue weighted by Crippen LogP contribution is 2.44. The van der Waals surface area contributed by atoms with Gasteiger partial charge in [-0.1, -0.05) is 60.6 Å². The van der Waals surface area contributed by atoms with Crippen molar-refractivity contribution in [1.82, 2.24) is 14.5 Å². The van der Waals surface area contributed by atoms with Crippen LogP contribution >= 0.6 is 11.6 Å². The fourth-order valence-electron chi connectivity index (χ4n) is 5.63. The van der Waals surface area contributed by atoms with Crippen LogP contribution in [0, 0.1) is 5.82 Å². The van der Waals surface area contributed by atoms with Gasteiger partial charge >= 0.3 is 5.97 Å². The Kier molecular flexibility index (Phi) is 7.34. The summed E-state index contributed by atoms with van der Waals surface area (Å²) in [6.07, 6.45) is -0.607. The number of ether oxygens (including phenoxy) is 1. The third kappa shape index (κ3) is 4.76. The smallest absolute Gasteiger partial charge is 0.335 e. The van der Waals surface area contributed by atoms with E-state index in [1.54, 1.807) is 41.1 Å². The fourth-order valence-corrected chi connectivity index (χ4v) is 5.74. The number of aromatic carboxylic acids is 1. The van der Waals surface area contributed by atoms with Crippen molar-refractivity contribution in [1.29, 1.82) is 0 Å². The van der Waals surface area contributed by atoms with Crippen molar-refractivity contribution >= 4 is 34.7 Å². The van der Waals surface area contributed by atoms with Gasteiger partial charge in [-0.25, -0.2) is 19.2 Å². The molecule has 1 saturated heterocycles. The number of halogens is 2. The number of hydrogen-bond acceptors (Lipinski definition) is 6. The van der Waals surface area contributed by atoms with Crippen molar-refractivity contribution in [3.05, 3.63) is 125 Å². The Morgan fingerprint density at radius 1 is 1.02 bits per heavy atom. The summed E-state index contributed by atoms with van der Waals surface area (Å²) in [7, 11) is 0. The molecule has 3 aromatic carbocycles. The first-order chi connectivity index (χ1) is 20.3. The lowest BCUT2D eigenvalue weighted by molar-refractivity contribution is -0.0390. The van der Waals surface area contributed by atoms with Crippen molar-refractivity contribution in [3.63, 3.8) is 0 Å². The lowest BCUT2D eigenvalue weighted by Gasteiger charge is -2.28. The van der Waals surface area contributed by atoms with Crippen LogP contribution < -0.4 is 0 Å². The van der Waals surface area contributed by atoms with Gasteiger partial charge in [0.1, 0.15) is 30.0 Å². The molecule has 8 nitrogen and oxygen atoms in total. The maximum absolute atomic E-state index is 14.8. The minimum absolute atomic E-state index is 0.0569. The number of aromatic nitrogens is 3. The maximum atomic E-state index is 14.8. The lowest BCUT2D eigenvalue weighted by atomic mass is 9.80. The molecule has 6 rings (SSSR count). The van der Waals surface area contributed by atoms with Crippen LogP contribution in [0.4, 0.5) is 4.39 Å². The van der Waals surface area contributed by atoms with Gasteiger partial charge in [-0.05, 0) is 58.7 Å². The Morgan fingerprint density at radius 3 is 2.52 bits per heavy atom. The molecule has 10 heteroatoms. The van der Waals surface area contributed by atoms with Crippen molar-refractivity contribution in [2.24, 2.45) is 0 Å². The molecule has 0 radical (unpaired) electrons. The number of fused-ring (bicyclic) bond motifs is 1. The Morgan fingerprint density at radius 2 is 1.81 bits per heavy atom. The van der Waals surface area contributed by atoms with Gasteiger partial charge in [0.2, 0.25) is 0 Å².